The lowest BCUT2D eigenvalue weighted by Crippen LogP contribution is -2.58. The zero-order valence-corrected chi connectivity index (χ0v) is 12.6. The average molecular weight is 293 g/mol. The van der Waals surface area contributed by atoms with Crippen LogP contribution < -0.4 is 15.4 Å². The first-order chi connectivity index (χ1) is 10.2. The molecule has 1 aromatic rings. The Bertz CT molecular complexity index is 464. The van der Waals surface area contributed by atoms with E-state index in [1.165, 1.54) is 0 Å². The third-order valence-electron chi connectivity index (χ3n) is 3.84. The van der Waals surface area contributed by atoms with Crippen LogP contribution in [0.15, 0.2) is 24.3 Å². The standard InChI is InChI=1S/C15H23N3O3/c1-20-10-9-17-7-8-18(11-14(17)15(16)19)12-3-5-13(21-2)6-4-12/h3-6,14H,7-11H2,1-2H3,(H2,16,19)/t14-/m0/s1. The van der Waals surface area contributed by atoms with Gasteiger partial charge in [0.15, 0.2) is 0 Å². The second kappa shape index (κ2) is 7.28. The van der Waals surface area contributed by atoms with Crippen molar-refractivity contribution in [2.45, 2.75) is 6.04 Å². The van der Waals surface area contributed by atoms with Gasteiger partial charge in [0, 0.05) is 39.0 Å². The molecule has 6 nitrogen and oxygen atoms in total. The molecule has 2 rings (SSSR count). The Morgan fingerprint density at radius 1 is 1.29 bits per heavy atom. The van der Waals surface area contributed by atoms with E-state index >= 15 is 0 Å². The zero-order chi connectivity index (χ0) is 15.2. The SMILES string of the molecule is COCCN1CCN(c2ccc(OC)cc2)C[C@H]1C(N)=O. The molecule has 0 bridgehead atoms. The number of nitrogens with two attached hydrogens (primary N) is 1. The minimum absolute atomic E-state index is 0.281. The maximum Gasteiger partial charge on any atom is 0.236 e. The van der Waals surface area contributed by atoms with E-state index < -0.39 is 0 Å². The van der Waals surface area contributed by atoms with E-state index in [0.29, 0.717) is 13.2 Å². The van der Waals surface area contributed by atoms with Crippen molar-refractivity contribution in [3.8, 4) is 5.75 Å². The second-order valence-corrected chi connectivity index (χ2v) is 5.09. The number of nitrogens with zero attached hydrogens (tertiary/aromatic N) is 2. The summed E-state index contributed by atoms with van der Waals surface area (Å²) in [5.74, 6) is 0.535. The number of carbonyl (C=O) groups excluding carboxylic acids is 1. The predicted octanol–water partition coefficient (Wildman–Crippen LogP) is 0.318. The first-order valence-electron chi connectivity index (χ1n) is 7.07. The van der Waals surface area contributed by atoms with Crippen molar-refractivity contribution in [2.24, 2.45) is 5.73 Å². The van der Waals surface area contributed by atoms with E-state index in [1.54, 1.807) is 14.2 Å². The van der Waals surface area contributed by atoms with Crippen molar-refractivity contribution in [2.75, 3.05) is 51.9 Å². The zero-order valence-electron chi connectivity index (χ0n) is 12.6. The highest BCUT2D eigenvalue weighted by Crippen LogP contribution is 2.22. The van der Waals surface area contributed by atoms with Crippen molar-refractivity contribution in [1.29, 1.82) is 0 Å². The summed E-state index contributed by atoms with van der Waals surface area (Å²) >= 11 is 0. The first kappa shape index (κ1) is 15.6. The number of methoxy groups -OCH3 is 2. The quantitative estimate of drug-likeness (QED) is 0.818. The Morgan fingerprint density at radius 2 is 2.00 bits per heavy atom. The van der Waals surface area contributed by atoms with E-state index in [1.807, 2.05) is 24.3 Å². The number of hydrogen-bond acceptors (Lipinski definition) is 5. The highest BCUT2D eigenvalue weighted by atomic mass is 16.5. The lowest BCUT2D eigenvalue weighted by Gasteiger charge is -2.40. The molecule has 116 valence electrons. The number of ether oxygens (including phenoxy) is 2. The molecule has 0 radical (unpaired) electrons. The minimum Gasteiger partial charge on any atom is -0.497 e. The van der Waals surface area contributed by atoms with Crippen molar-refractivity contribution in [3.05, 3.63) is 24.3 Å². The summed E-state index contributed by atoms with van der Waals surface area (Å²) in [5, 5.41) is 0. The Labute approximate surface area is 125 Å². The third kappa shape index (κ3) is 3.86. The molecule has 1 fully saturated rings. The first-order valence-corrected chi connectivity index (χ1v) is 7.07. The summed E-state index contributed by atoms with van der Waals surface area (Å²) in [5.41, 5.74) is 6.62. The predicted molar refractivity (Wildman–Crippen MR) is 81.6 cm³/mol. The van der Waals surface area contributed by atoms with E-state index in [-0.39, 0.29) is 11.9 Å². The summed E-state index contributed by atoms with van der Waals surface area (Å²) in [6, 6.07) is 7.57. The summed E-state index contributed by atoms with van der Waals surface area (Å²) in [6.45, 7) is 3.58. The van der Waals surface area contributed by atoms with E-state index in [4.69, 9.17) is 15.2 Å². The molecule has 1 aliphatic rings. The molecule has 0 spiro atoms. The molecule has 0 unspecified atom stereocenters. The minimum atomic E-state index is -0.288. The van der Waals surface area contributed by atoms with Gasteiger partial charge in [0.05, 0.1) is 13.7 Å². The van der Waals surface area contributed by atoms with E-state index in [9.17, 15) is 4.79 Å². The van der Waals surface area contributed by atoms with Crippen molar-refractivity contribution in [3.63, 3.8) is 0 Å². The van der Waals surface area contributed by atoms with Crippen molar-refractivity contribution in [1.82, 2.24) is 4.90 Å². The molecule has 1 aromatic carbocycles. The number of amides is 1. The Balaban J connectivity index is 2.05. The number of carbonyl (C=O) groups is 1. The van der Waals surface area contributed by atoms with Crippen LogP contribution in [0.3, 0.4) is 0 Å². The van der Waals surface area contributed by atoms with Crippen LogP contribution in [0, 0.1) is 0 Å². The van der Waals surface area contributed by atoms with Gasteiger partial charge < -0.3 is 20.1 Å². The lowest BCUT2D eigenvalue weighted by molar-refractivity contribution is -0.123. The van der Waals surface area contributed by atoms with Crippen LogP contribution in [0.1, 0.15) is 0 Å². The van der Waals surface area contributed by atoms with Crippen LogP contribution >= 0.6 is 0 Å². The van der Waals surface area contributed by atoms with Gasteiger partial charge in [-0.2, -0.15) is 0 Å². The topological polar surface area (TPSA) is 68.0 Å². The highest BCUT2D eigenvalue weighted by molar-refractivity contribution is 5.81. The Morgan fingerprint density at radius 3 is 2.57 bits per heavy atom. The van der Waals surface area contributed by atoms with Gasteiger partial charge in [0.25, 0.3) is 0 Å². The van der Waals surface area contributed by atoms with Crippen molar-refractivity contribution < 1.29 is 14.3 Å². The molecule has 2 N–H and O–H groups in total. The highest BCUT2D eigenvalue weighted by Gasteiger charge is 2.30. The summed E-state index contributed by atoms with van der Waals surface area (Å²) in [4.78, 5) is 16.0. The lowest BCUT2D eigenvalue weighted by atomic mass is 10.1. The van der Waals surface area contributed by atoms with Crippen molar-refractivity contribution >= 4 is 11.6 Å². The summed E-state index contributed by atoms with van der Waals surface area (Å²) < 4.78 is 10.3. The van der Waals surface area contributed by atoms with Crippen LogP contribution in [0.25, 0.3) is 0 Å². The van der Waals surface area contributed by atoms with Crippen LogP contribution in [-0.2, 0) is 9.53 Å². The van der Waals surface area contributed by atoms with Crippen LogP contribution in [0.5, 0.6) is 5.75 Å². The van der Waals surface area contributed by atoms with Crippen LogP contribution in [0.2, 0.25) is 0 Å². The summed E-state index contributed by atoms with van der Waals surface area (Å²) in [7, 11) is 3.31. The molecule has 0 aromatic heterocycles. The molecule has 1 aliphatic heterocycles. The van der Waals surface area contributed by atoms with Crippen LogP contribution in [-0.4, -0.2) is 63.9 Å². The Hall–Kier alpha value is -1.79. The van der Waals surface area contributed by atoms with Gasteiger partial charge in [-0.05, 0) is 24.3 Å². The monoisotopic (exact) mass is 293 g/mol. The van der Waals surface area contributed by atoms with Gasteiger partial charge >= 0.3 is 0 Å². The molecule has 0 saturated carbocycles. The number of primary amides is 1. The van der Waals surface area contributed by atoms with Gasteiger partial charge in [0.2, 0.25) is 5.91 Å². The smallest absolute Gasteiger partial charge is 0.236 e. The molecule has 1 atom stereocenters. The maximum absolute atomic E-state index is 11.7. The second-order valence-electron chi connectivity index (χ2n) is 5.09. The molecular formula is C15H23N3O3. The number of hydrogen-bond donors (Lipinski definition) is 1. The largest absolute Gasteiger partial charge is 0.497 e. The van der Waals surface area contributed by atoms with E-state index in [2.05, 4.69) is 9.80 Å². The van der Waals surface area contributed by atoms with Gasteiger partial charge in [0.1, 0.15) is 11.8 Å². The van der Waals surface area contributed by atoms with Gasteiger partial charge in [-0.1, -0.05) is 0 Å². The number of piperazine rings is 1. The van der Waals surface area contributed by atoms with Gasteiger partial charge in [-0.3, -0.25) is 9.69 Å². The summed E-state index contributed by atoms with van der Waals surface area (Å²) in [6.07, 6.45) is 0. The number of rotatable bonds is 6. The maximum atomic E-state index is 11.7. The third-order valence-corrected chi connectivity index (χ3v) is 3.84. The molecule has 6 heteroatoms. The molecule has 1 heterocycles. The normalized spacial score (nSPS) is 19.5. The fourth-order valence-electron chi connectivity index (χ4n) is 2.59. The molecule has 0 aliphatic carbocycles. The molecular weight excluding hydrogens is 270 g/mol. The molecule has 1 amide bonds. The van der Waals surface area contributed by atoms with Gasteiger partial charge in [-0.15, -0.1) is 0 Å². The number of benzene rings is 1. The average Bonchev–Trinajstić information content (AvgIpc) is 2.52. The fourth-order valence-corrected chi connectivity index (χ4v) is 2.59. The molecule has 1 saturated heterocycles. The van der Waals surface area contributed by atoms with E-state index in [0.717, 1.165) is 31.1 Å². The van der Waals surface area contributed by atoms with Gasteiger partial charge in [-0.25, -0.2) is 0 Å². The molecule has 21 heavy (non-hydrogen) atoms. The van der Waals surface area contributed by atoms with Crippen LogP contribution in [0.4, 0.5) is 5.69 Å². The fraction of sp³-hybridized carbons (Fsp3) is 0.533. The Kier molecular flexibility index (Phi) is 5.41. The number of anilines is 1.